The van der Waals surface area contributed by atoms with Gasteiger partial charge in [0.2, 0.25) is 0 Å². The predicted octanol–water partition coefficient (Wildman–Crippen LogP) is 4.96. The summed E-state index contributed by atoms with van der Waals surface area (Å²) in [5.74, 6) is -0.431. The Balaban J connectivity index is 1.61. The molecule has 0 saturated carbocycles. The smallest absolute Gasteiger partial charge is 0.267 e. The van der Waals surface area contributed by atoms with Gasteiger partial charge in [0.25, 0.3) is 11.5 Å². The van der Waals surface area contributed by atoms with Crippen LogP contribution in [-0.2, 0) is 6.42 Å². The summed E-state index contributed by atoms with van der Waals surface area (Å²) < 4.78 is 2.81. The average Bonchev–Trinajstić information content (AvgIpc) is 3.21. The zero-order valence-electron chi connectivity index (χ0n) is 17.4. The molecule has 0 saturated heterocycles. The van der Waals surface area contributed by atoms with E-state index < -0.39 is 11.5 Å². The first-order valence-electron chi connectivity index (χ1n) is 10.2. The number of nitrogens with one attached hydrogen (secondary N) is 1. The highest BCUT2D eigenvalue weighted by molar-refractivity contribution is 6.31. The lowest BCUT2D eigenvalue weighted by Crippen LogP contribution is -2.32. The Bertz CT molecular complexity index is 1570. The molecule has 0 aliphatic carbocycles. The van der Waals surface area contributed by atoms with Gasteiger partial charge >= 0.3 is 0 Å². The normalized spacial score (nSPS) is 11.2. The van der Waals surface area contributed by atoms with Crippen molar-refractivity contribution in [1.82, 2.24) is 19.3 Å². The summed E-state index contributed by atoms with van der Waals surface area (Å²) in [6, 6.07) is 15.6. The molecule has 0 unspecified atom stereocenters. The molecule has 9 heteroatoms. The predicted molar refractivity (Wildman–Crippen MR) is 130 cm³/mol. The van der Waals surface area contributed by atoms with E-state index >= 15 is 0 Å². The van der Waals surface area contributed by atoms with Crippen LogP contribution in [0.5, 0.6) is 0 Å². The van der Waals surface area contributed by atoms with E-state index in [1.54, 1.807) is 34.8 Å². The second kappa shape index (κ2) is 8.35. The van der Waals surface area contributed by atoms with Gasteiger partial charge in [-0.1, -0.05) is 42.3 Å². The summed E-state index contributed by atoms with van der Waals surface area (Å²) in [6.07, 6.45) is 3.71. The molecule has 3 aromatic heterocycles. The van der Waals surface area contributed by atoms with Crippen LogP contribution in [0.1, 0.15) is 23.0 Å². The van der Waals surface area contributed by atoms with Crippen molar-refractivity contribution in [3.8, 4) is 11.1 Å². The molecule has 0 spiro atoms. The maximum absolute atomic E-state index is 13.1. The molecule has 0 radical (unpaired) electrons. The third-order valence-electron chi connectivity index (χ3n) is 5.38. The Labute approximate surface area is 198 Å². The largest absolute Gasteiger partial charge is 0.280 e. The van der Waals surface area contributed by atoms with Crippen molar-refractivity contribution in [3.05, 3.63) is 98.6 Å². The van der Waals surface area contributed by atoms with Crippen molar-refractivity contribution in [2.75, 3.05) is 5.43 Å². The molecular formula is C24H17Cl2N5O2. The van der Waals surface area contributed by atoms with Crippen molar-refractivity contribution in [3.63, 3.8) is 0 Å². The second-order valence-corrected chi connectivity index (χ2v) is 8.29. The van der Waals surface area contributed by atoms with E-state index in [0.29, 0.717) is 38.6 Å². The summed E-state index contributed by atoms with van der Waals surface area (Å²) >= 11 is 11.9. The van der Waals surface area contributed by atoms with Crippen LogP contribution in [0.4, 0.5) is 0 Å². The summed E-state index contributed by atoms with van der Waals surface area (Å²) in [5.41, 5.74) is 6.51. The molecule has 164 valence electrons. The maximum atomic E-state index is 13.1. The van der Waals surface area contributed by atoms with Crippen LogP contribution in [0.2, 0.25) is 10.0 Å². The lowest BCUT2D eigenvalue weighted by atomic mass is 10.0. The lowest BCUT2D eigenvalue weighted by molar-refractivity contribution is 0.101. The third kappa shape index (κ3) is 3.75. The van der Waals surface area contributed by atoms with E-state index in [1.807, 2.05) is 31.2 Å². The van der Waals surface area contributed by atoms with Gasteiger partial charge in [-0.25, -0.2) is 14.2 Å². The molecule has 5 aromatic rings. The Morgan fingerprint density at radius 3 is 2.33 bits per heavy atom. The first-order valence-corrected chi connectivity index (χ1v) is 11.0. The van der Waals surface area contributed by atoms with E-state index in [2.05, 4.69) is 10.4 Å². The highest BCUT2D eigenvalue weighted by Gasteiger charge is 2.18. The highest BCUT2D eigenvalue weighted by atomic mass is 35.5. The van der Waals surface area contributed by atoms with Gasteiger partial charge in [-0.2, -0.15) is 5.10 Å². The van der Waals surface area contributed by atoms with E-state index in [0.717, 1.165) is 21.5 Å². The molecular weight excluding hydrogens is 461 g/mol. The molecule has 2 aromatic carbocycles. The molecule has 0 bridgehead atoms. The third-order valence-corrected chi connectivity index (χ3v) is 5.88. The highest BCUT2D eigenvalue weighted by Crippen LogP contribution is 2.30. The molecule has 0 aliphatic heterocycles. The Hall–Kier alpha value is -3.68. The maximum Gasteiger partial charge on any atom is 0.280 e. The fraction of sp³-hybridized carbons (Fsp3) is 0.0833. The van der Waals surface area contributed by atoms with Crippen molar-refractivity contribution < 1.29 is 4.79 Å². The monoisotopic (exact) mass is 477 g/mol. The zero-order valence-corrected chi connectivity index (χ0v) is 18.9. The molecule has 1 N–H and O–H groups in total. The van der Waals surface area contributed by atoms with Crippen LogP contribution >= 0.6 is 23.2 Å². The summed E-state index contributed by atoms with van der Waals surface area (Å²) in [5, 5.41) is 6.21. The number of hydrogen-bond donors (Lipinski definition) is 1. The minimum Gasteiger partial charge on any atom is -0.267 e. The Morgan fingerprint density at radius 1 is 1.00 bits per heavy atom. The number of amides is 1. The summed E-state index contributed by atoms with van der Waals surface area (Å²) in [7, 11) is 0. The fourth-order valence-electron chi connectivity index (χ4n) is 3.74. The van der Waals surface area contributed by atoms with Crippen molar-refractivity contribution in [2.24, 2.45) is 0 Å². The molecule has 0 fully saturated rings. The average molecular weight is 478 g/mol. The van der Waals surface area contributed by atoms with Gasteiger partial charge in [-0.3, -0.25) is 15.0 Å². The van der Waals surface area contributed by atoms with E-state index in [4.69, 9.17) is 28.3 Å². The number of pyridine rings is 1. The number of carbonyl (C=O) groups is 1. The fourth-order valence-corrected chi connectivity index (χ4v) is 3.99. The molecule has 1 amide bonds. The molecule has 0 atom stereocenters. The van der Waals surface area contributed by atoms with Crippen LogP contribution < -0.4 is 11.0 Å². The number of nitrogens with zero attached hydrogens (tertiary/aromatic N) is 4. The molecule has 7 nitrogen and oxygen atoms in total. The standard InChI is InChI=1S/C24H17Cl2N5O2/c1-2-19-21(14-3-7-16(25)8-4-14)22-27-13-18-20(31(22)28-19)11-12-30(24(18)33)29-23(32)15-5-9-17(26)10-6-15/h3-13H,2H2,1H3,(H,29,32). The first kappa shape index (κ1) is 21.2. The number of fused-ring (bicyclic) bond motifs is 3. The van der Waals surface area contributed by atoms with Gasteiger partial charge in [0.1, 0.15) is 0 Å². The SMILES string of the molecule is CCc1nn2c(ncc3c(=O)n(NC(=O)c4ccc(Cl)cc4)ccc32)c1-c1ccc(Cl)cc1. The molecule has 3 heterocycles. The quantitative estimate of drug-likeness (QED) is 0.396. The number of halogens is 2. The lowest BCUT2D eigenvalue weighted by Gasteiger charge is -2.10. The van der Waals surface area contributed by atoms with Crippen molar-refractivity contribution >= 4 is 45.7 Å². The van der Waals surface area contributed by atoms with Gasteiger partial charge in [0.05, 0.1) is 16.6 Å². The minimum absolute atomic E-state index is 0.328. The van der Waals surface area contributed by atoms with Crippen LogP contribution in [-0.4, -0.2) is 25.2 Å². The minimum atomic E-state index is -0.431. The summed E-state index contributed by atoms with van der Waals surface area (Å²) in [6.45, 7) is 2.02. The van der Waals surface area contributed by atoms with Crippen molar-refractivity contribution in [1.29, 1.82) is 0 Å². The number of aromatic nitrogens is 4. The Kier molecular flexibility index (Phi) is 5.36. The zero-order chi connectivity index (χ0) is 23.1. The van der Waals surface area contributed by atoms with E-state index in [1.165, 1.54) is 12.4 Å². The number of carbonyl (C=O) groups excluding carboxylic acids is 1. The number of benzene rings is 2. The molecule has 33 heavy (non-hydrogen) atoms. The Morgan fingerprint density at radius 2 is 1.67 bits per heavy atom. The van der Waals surface area contributed by atoms with E-state index in [-0.39, 0.29) is 0 Å². The van der Waals surface area contributed by atoms with Crippen molar-refractivity contribution in [2.45, 2.75) is 13.3 Å². The van der Waals surface area contributed by atoms with Gasteiger partial charge in [-0.05, 0) is 54.4 Å². The summed E-state index contributed by atoms with van der Waals surface area (Å²) in [4.78, 5) is 30.2. The number of hydrogen-bond acceptors (Lipinski definition) is 4. The molecule has 0 aliphatic rings. The van der Waals surface area contributed by atoms with Crippen LogP contribution in [0.3, 0.4) is 0 Å². The van der Waals surface area contributed by atoms with Crippen LogP contribution in [0.15, 0.2) is 71.8 Å². The topological polar surface area (TPSA) is 81.3 Å². The first-order chi connectivity index (χ1) is 16.0. The van der Waals surface area contributed by atoms with Crippen LogP contribution in [0.25, 0.3) is 27.7 Å². The second-order valence-electron chi connectivity index (χ2n) is 7.41. The molecule has 5 rings (SSSR count). The van der Waals surface area contributed by atoms with Gasteiger partial charge < -0.3 is 0 Å². The van der Waals surface area contributed by atoms with Gasteiger partial charge in [0.15, 0.2) is 5.65 Å². The number of rotatable bonds is 4. The van der Waals surface area contributed by atoms with Crippen LogP contribution in [0, 0.1) is 0 Å². The van der Waals surface area contributed by atoms with E-state index in [9.17, 15) is 9.59 Å². The van der Waals surface area contributed by atoms with Gasteiger partial charge in [0, 0.05) is 33.6 Å². The van der Waals surface area contributed by atoms with Gasteiger partial charge in [-0.15, -0.1) is 0 Å². The number of aryl methyl sites for hydroxylation is 1.